The highest BCUT2D eigenvalue weighted by atomic mass is 16.5. The smallest absolute Gasteiger partial charge is 0.323 e. The maximum atomic E-state index is 12.5. The molecule has 3 aliphatic rings. The minimum atomic E-state index is -0.299. The number of benzene rings is 1. The predicted molar refractivity (Wildman–Crippen MR) is 109 cm³/mol. The molecule has 4 heterocycles. The normalized spacial score (nSPS) is 21.2. The van der Waals surface area contributed by atoms with Crippen molar-refractivity contribution >= 4 is 17.8 Å². The van der Waals surface area contributed by atoms with Crippen LogP contribution in [0.15, 0.2) is 36.4 Å². The van der Waals surface area contributed by atoms with Gasteiger partial charge < -0.3 is 20.3 Å². The number of aromatic nitrogens is 2. The first-order valence-electron chi connectivity index (χ1n) is 10.2. The molecular formula is C21H24N6O3. The molecule has 5 rings (SSSR count). The molecule has 9 heteroatoms. The number of amides is 3. The third-order valence-corrected chi connectivity index (χ3v) is 6.04. The van der Waals surface area contributed by atoms with Crippen molar-refractivity contribution in [2.24, 2.45) is 5.41 Å². The van der Waals surface area contributed by atoms with Crippen molar-refractivity contribution in [2.75, 3.05) is 31.6 Å². The highest BCUT2D eigenvalue weighted by Gasteiger charge is 2.44. The number of urea groups is 1. The summed E-state index contributed by atoms with van der Waals surface area (Å²) in [6.45, 7) is 4.30. The summed E-state index contributed by atoms with van der Waals surface area (Å²) < 4.78 is 5.79. The molecule has 3 aliphatic heterocycles. The number of nitrogens with one attached hydrogen (secondary N) is 3. The van der Waals surface area contributed by atoms with Crippen LogP contribution in [0, 0.1) is 5.41 Å². The van der Waals surface area contributed by atoms with Gasteiger partial charge in [0.2, 0.25) is 0 Å². The number of nitrogens with zero attached hydrogens (tertiary/aromatic N) is 3. The fourth-order valence-corrected chi connectivity index (χ4v) is 4.23. The summed E-state index contributed by atoms with van der Waals surface area (Å²) in [6.07, 6.45) is 0.990. The quantitative estimate of drug-likeness (QED) is 0.700. The molecule has 1 aromatic heterocycles. The molecule has 0 saturated carbocycles. The number of carbonyl (C=O) groups is 2. The summed E-state index contributed by atoms with van der Waals surface area (Å²) in [7, 11) is 0. The lowest BCUT2D eigenvalue weighted by Gasteiger charge is -2.37. The molecule has 3 N–H and O–H groups in total. The molecule has 156 valence electrons. The molecule has 2 aromatic rings. The minimum absolute atomic E-state index is 0.0344. The second-order valence-electron chi connectivity index (χ2n) is 8.31. The van der Waals surface area contributed by atoms with E-state index in [1.807, 2.05) is 24.3 Å². The Labute approximate surface area is 174 Å². The first-order chi connectivity index (χ1) is 14.6. The van der Waals surface area contributed by atoms with Crippen molar-refractivity contribution in [1.82, 2.24) is 25.7 Å². The summed E-state index contributed by atoms with van der Waals surface area (Å²) in [5.74, 6) is 0.0118. The number of hydrogen-bond donors (Lipinski definition) is 3. The van der Waals surface area contributed by atoms with Crippen molar-refractivity contribution in [3.8, 4) is 0 Å². The standard InChI is InChI=1S/C21H24N6O3/c28-19(23-8-16-7-21(13-30-16)11-22-12-21)17-5-6-18(26-25-17)24-20(29)27-9-14-3-1-2-4-15(14)10-27/h1-6,16,22H,7-13H2,(H,23,28)(H,24,26,29). The molecular weight excluding hydrogens is 384 g/mol. The lowest BCUT2D eigenvalue weighted by molar-refractivity contribution is 0.0740. The number of anilines is 1. The van der Waals surface area contributed by atoms with Crippen LogP contribution < -0.4 is 16.0 Å². The van der Waals surface area contributed by atoms with Gasteiger partial charge in [0.25, 0.3) is 5.91 Å². The third-order valence-electron chi connectivity index (χ3n) is 6.04. The topological polar surface area (TPSA) is 108 Å². The van der Waals surface area contributed by atoms with Crippen LogP contribution in [0.4, 0.5) is 10.6 Å². The Hall–Kier alpha value is -3.04. The van der Waals surface area contributed by atoms with Gasteiger partial charge in [0, 0.05) is 38.1 Å². The second kappa shape index (κ2) is 7.66. The van der Waals surface area contributed by atoms with Gasteiger partial charge in [-0.1, -0.05) is 24.3 Å². The number of rotatable bonds is 4. The van der Waals surface area contributed by atoms with Gasteiger partial charge in [0.15, 0.2) is 11.5 Å². The molecule has 0 radical (unpaired) electrons. The zero-order valence-electron chi connectivity index (χ0n) is 16.6. The van der Waals surface area contributed by atoms with E-state index in [0.29, 0.717) is 25.5 Å². The van der Waals surface area contributed by atoms with E-state index >= 15 is 0 Å². The van der Waals surface area contributed by atoms with Gasteiger partial charge in [-0.15, -0.1) is 10.2 Å². The van der Waals surface area contributed by atoms with Crippen LogP contribution in [0.5, 0.6) is 0 Å². The van der Waals surface area contributed by atoms with E-state index in [0.717, 1.165) is 37.2 Å². The highest BCUT2D eigenvalue weighted by molar-refractivity contribution is 5.93. The summed E-state index contributed by atoms with van der Waals surface area (Å²) in [4.78, 5) is 26.5. The van der Waals surface area contributed by atoms with E-state index in [1.54, 1.807) is 17.0 Å². The molecule has 3 amide bonds. The lowest BCUT2D eigenvalue weighted by atomic mass is 9.80. The molecule has 2 saturated heterocycles. The Kier molecular flexibility index (Phi) is 4.84. The Morgan fingerprint density at radius 3 is 2.50 bits per heavy atom. The van der Waals surface area contributed by atoms with Crippen molar-refractivity contribution in [3.63, 3.8) is 0 Å². The number of hydrogen-bond acceptors (Lipinski definition) is 6. The van der Waals surface area contributed by atoms with E-state index in [-0.39, 0.29) is 29.2 Å². The van der Waals surface area contributed by atoms with E-state index < -0.39 is 0 Å². The van der Waals surface area contributed by atoms with E-state index in [2.05, 4.69) is 26.1 Å². The molecule has 0 bridgehead atoms. The van der Waals surface area contributed by atoms with Crippen molar-refractivity contribution in [2.45, 2.75) is 25.6 Å². The minimum Gasteiger partial charge on any atom is -0.376 e. The van der Waals surface area contributed by atoms with Gasteiger partial charge >= 0.3 is 6.03 Å². The van der Waals surface area contributed by atoms with Crippen LogP contribution in [-0.4, -0.2) is 59.4 Å². The third kappa shape index (κ3) is 3.73. The summed E-state index contributed by atoms with van der Waals surface area (Å²) >= 11 is 0. The first-order valence-corrected chi connectivity index (χ1v) is 10.2. The van der Waals surface area contributed by atoms with Gasteiger partial charge in [-0.25, -0.2) is 4.79 Å². The Balaban J connectivity index is 1.11. The van der Waals surface area contributed by atoms with Crippen LogP contribution in [0.1, 0.15) is 28.0 Å². The van der Waals surface area contributed by atoms with Crippen LogP contribution in [0.3, 0.4) is 0 Å². The molecule has 1 aromatic carbocycles. The molecule has 2 fully saturated rings. The maximum absolute atomic E-state index is 12.5. The van der Waals surface area contributed by atoms with Crippen LogP contribution in [-0.2, 0) is 17.8 Å². The molecule has 30 heavy (non-hydrogen) atoms. The predicted octanol–water partition coefficient (Wildman–Crippen LogP) is 1.13. The monoisotopic (exact) mass is 408 g/mol. The maximum Gasteiger partial charge on any atom is 0.323 e. The highest BCUT2D eigenvalue weighted by Crippen LogP contribution is 2.35. The molecule has 1 spiro atoms. The van der Waals surface area contributed by atoms with Crippen LogP contribution in [0.2, 0.25) is 0 Å². The molecule has 0 aliphatic carbocycles. The SMILES string of the molecule is O=C(NCC1CC2(CNC2)CO1)c1ccc(NC(=O)N2Cc3ccccc3C2)nn1. The lowest BCUT2D eigenvalue weighted by Crippen LogP contribution is -2.54. The average Bonchev–Trinajstić information content (AvgIpc) is 3.37. The summed E-state index contributed by atoms with van der Waals surface area (Å²) in [5.41, 5.74) is 2.76. The zero-order valence-corrected chi connectivity index (χ0v) is 16.6. The number of carbonyl (C=O) groups excluding carboxylic acids is 2. The molecule has 1 atom stereocenters. The zero-order chi connectivity index (χ0) is 20.6. The number of fused-ring (bicyclic) bond motifs is 1. The van der Waals surface area contributed by atoms with Crippen LogP contribution >= 0.6 is 0 Å². The van der Waals surface area contributed by atoms with E-state index in [4.69, 9.17) is 4.74 Å². The number of ether oxygens (including phenoxy) is 1. The fraction of sp³-hybridized carbons (Fsp3) is 0.429. The molecule has 1 unspecified atom stereocenters. The summed E-state index contributed by atoms with van der Waals surface area (Å²) in [6, 6.07) is 10.9. The Morgan fingerprint density at radius 1 is 1.13 bits per heavy atom. The van der Waals surface area contributed by atoms with E-state index in [1.165, 1.54) is 0 Å². The van der Waals surface area contributed by atoms with Gasteiger partial charge in [-0.05, 0) is 29.7 Å². The average molecular weight is 408 g/mol. The Bertz CT molecular complexity index is 934. The van der Waals surface area contributed by atoms with Crippen LogP contribution in [0.25, 0.3) is 0 Å². The Morgan fingerprint density at radius 2 is 1.90 bits per heavy atom. The first kappa shape index (κ1) is 19.0. The van der Waals surface area contributed by atoms with Gasteiger partial charge in [0.1, 0.15) is 0 Å². The van der Waals surface area contributed by atoms with Gasteiger partial charge in [0.05, 0.1) is 12.7 Å². The van der Waals surface area contributed by atoms with Crippen molar-refractivity contribution in [1.29, 1.82) is 0 Å². The largest absolute Gasteiger partial charge is 0.376 e. The van der Waals surface area contributed by atoms with E-state index in [9.17, 15) is 9.59 Å². The van der Waals surface area contributed by atoms with Crippen molar-refractivity contribution in [3.05, 3.63) is 53.2 Å². The molecule has 9 nitrogen and oxygen atoms in total. The fourth-order valence-electron chi connectivity index (χ4n) is 4.23. The second-order valence-corrected chi connectivity index (χ2v) is 8.31. The van der Waals surface area contributed by atoms with Gasteiger partial charge in [-0.3, -0.25) is 10.1 Å². The van der Waals surface area contributed by atoms with Gasteiger partial charge in [-0.2, -0.15) is 0 Å². The summed E-state index contributed by atoms with van der Waals surface area (Å²) in [5, 5.41) is 16.8. The van der Waals surface area contributed by atoms with Crippen molar-refractivity contribution < 1.29 is 14.3 Å².